The smallest absolute Gasteiger partial charge is 0.338 e. The monoisotopic (exact) mass is 571 g/mol. The maximum Gasteiger partial charge on any atom is 0.433 e. The number of piperidine rings is 1. The fourth-order valence-electron chi connectivity index (χ4n) is 6.22. The molecule has 3 aromatic heterocycles. The fraction of sp³-hybridized carbons (Fsp3) is 0.464. The zero-order valence-electron chi connectivity index (χ0n) is 22.2. The highest BCUT2D eigenvalue weighted by atomic mass is 32.1. The number of pyridine rings is 2. The summed E-state index contributed by atoms with van der Waals surface area (Å²) < 4.78 is 42.1. The topological polar surface area (TPSA) is 109 Å². The van der Waals surface area contributed by atoms with Crippen molar-refractivity contribution in [1.82, 2.24) is 19.8 Å². The first kappa shape index (κ1) is 26.8. The van der Waals surface area contributed by atoms with Gasteiger partial charge in [0.05, 0.1) is 39.9 Å². The lowest BCUT2D eigenvalue weighted by Gasteiger charge is -2.21. The van der Waals surface area contributed by atoms with Crippen molar-refractivity contribution in [3.05, 3.63) is 46.1 Å². The molecule has 0 bridgehead atoms. The summed E-state index contributed by atoms with van der Waals surface area (Å²) in [7, 11) is 0. The Bertz CT molecular complexity index is 1560. The van der Waals surface area contributed by atoms with Gasteiger partial charge in [-0.2, -0.15) is 13.2 Å². The number of imide groups is 1. The first-order valence-electron chi connectivity index (χ1n) is 13.1. The molecule has 0 radical (unpaired) electrons. The average molecular weight is 572 g/mol. The lowest BCUT2D eigenvalue weighted by Crippen LogP contribution is -2.35. The van der Waals surface area contributed by atoms with Gasteiger partial charge in [0, 0.05) is 29.7 Å². The van der Waals surface area contributed by atoms with Gasteiger partial charge >= 0.3 is 6.18 Å². The Labute approximate surface area is 232 Å². The largest absolute Gasteiger partial charge is 0.433 e. The van der Waals surface area contributed by atoms with Gasteiger partial charge in [-0.25, -0.2) is 4.98 Å². The Morgan fingerprint density at radius 3 is 2.52 bits per heavy atom. The molecule has 6 rings (SSSR count). The van der Waals surface area contributed by atoms with E-state index in [-0.39, 0.29) is 64.3 Å². The third kappa shape index (κ3) is 4.11. The molecule has 3 aliphatic rings. The minimum Gasteiger partial charge on any atom is -0.338 e. The summed E-state index contributed by atoms with van der Waals surface area (Å²) in [5.74, 6) is -1.27. The molecule has 3 fully saturated rings. The molecule has 3 amide bonds. The number of nitrogens with zero attached hydrogens (tertiary/aromatic N) is 4. The molecule has 12 heteroatoms. The number of alkyl halides is 3. The number of rotatable bonds is 5. The second-order valence-electron chi connectivity index (χ2n) is 11.5. The second kappa shape index (κ2) is 9.07. The van der Waals surface area contributed by atoms with Crippen molar-refractivity contribution < 1.29 is 27.6 Å². The van der Waals surface area contributed by atoms with Gasteiger partial charge in [0.2, 0.25) is 11.8 Å². The summed E-state index contributed by atoms with van der Waals surface area (Å²) in [5.41, 5.74) is 5.43. The van der Waals surface area contributed by atoms with E-state index in [1.807, 2.05) is 13.8 Å². The quantitative estimate of drug-likeness (QED) is 0.459. The highest BCUT2D eigenvalue weighted by Gasteiger charge is 2.72. The highest BCUT2D eigenvalue weighted by Crippen LogP contribution is 2.63. The maximum atomic E-state index is 13.9. The van der Waals surface area contributed by atoms with E-state index in [2.05, 4.69) is 9.97 Å². The van der Waals surface area contributed by atoms with Crippen molar-refractivity contribution in [3.63, 3.8) is 0 Å². The number of nitrogens with two attached hydrogens (primary N) is 1. The molecule has 2 N–H and O–H groups in total. The highest BCUT2D eigenvalue weighted by molar-refractivity contribution is 7.19. The number of carbonyl (C=O) groups excluding carboxylic acids is 3. The van der Waals surface area contributed by atoms with E-state index in [0.717, 1.165) is 12.5 Å². The Morgan fingerprint density at radius 2 is 1.90 bits per heavy atom. The predicted molar refractivity (Wildman–Crippen MR) is 142 cm³/mol. The molecule has 8 nitrogen and oxygen atoms in total. The number of halogens is 3. The number of carbonyl (C=O) groups is 3. The molecular weight excluding hydrogens is 543 g/mol. The number of hydrogen-bond donors (Lipinski definition) is 1. The van der Waals surface area contributed by atoms with E-state index in [9.17, 15) is 27.6 Å². The maximum absolute atomic E-state index is 13.9. The van der Waals surface area contributed by atoms with E-state index in [0.29, 0.717) is 40.3 Å². The van der Waals surface area contributed by atoms with Crippen LogP contribution in [0.3, 0.4) is 0 Å². The molecule has 3 atom stereocenters. The molecule has 2 aliphatic heterocycles. The lowest BCUT2D eigenvalue weighted by molar-refractivity contribution is -0.144. The number of thiophene rings is 1. The molecular formula is C28H28F3N5O3S. The van der Waals surface area contributed by atoms with Crippen LogP contribution in [0.5, 0.6) is 0 Å². The SMILES string of the molecule is Cc1cc(C(F)(F)F)nc(-c2ccnc3cc(CN4C(=O)C5C(C4=O)C5(C)C)sc23)c1C(=O)N1CC[C@H](CN)C1. The van der Waals surface area contributed by atoms with Crippen molar-refractivity contribution in [1.29, 1.82) is 0 Å². The van der Waals surface area contributed by atoms with Crippen molar-refractivity contribution in [2.24, 2.45) is 28.9 Å². The van der Waals surface area contributed by atoms with E-state index >= 15 is 0 Å². The van der Waals surface area contributed by atoms with Crippen LogP contribution in [0.25, 0.3) is 21.5 Å². The molecule has 2 unspecified atom stereocenters. The third-order valence-electron chi connectivity index (χ3n) is 8.55. The van der Waals surface area contributed by atoms with Crippen molar-refractivity contribution in [2.75, 3.05) is 19.6 Å². The number of likely N-dealkylation sites (tertiary alicyclic amines) is 2. The summed E-state index contributed by atoms with van der Waals surface area (Å²) in [4.78, 5) is 51.3. The van der Waals surface area contributed by atoms with Gasteiger partial charge < -0.3 is 10.6 Å². The van der Waals surface area contributed by atoms with E-state index < -0.39 is 11.9 Å². The van der Waals surface area contributed by atoms with Crippen LogP contribution >= 0.6 is 11.3 Å². The first-order valence-corrected chi connectivity index (χ1v) is 14.0. The number of amides is 3. The normalized spacial score (nSPS) is 23.8. The summed E-state index contributed by atoms with van der Waals surface area (Å²) in [6, 6.07) is 4.19. The lowest BCUT2D eigenvalue weighted by atomic mass is 9.99. The zero-order valence-corrected chi connectivity index (χ0v) is 23.0. The molecule has 0 aromatic carbocycles. The van der Waals surface area contributed by atoms with Crippen LogP contribution in [0, 0.1) is 30.1 Å². The first-order chi connectivity index (χ1) is 18.8. The van der Waals surface area contributed by atoms with Gasteiger partial charge in [-0.1, -0.05) is 13.8 Å². The van der Waals surface area contributed by atoms with Gasteiger partial charge in [-0.3, -0.25) is 24.3 Å². The Kier molecular flexibility index (Phi) is 6.08. The molecule has 2 saturated heterocycles. The number of hydrogen-bond acceptors (Lipinski definition) is 7. The molecule has 0 spiro atoms. The van der Waals surface area contributed by atoms with Crippen molar-refractivity contribution in [2.45, 2.75) is 39.9 Å². The number of fused-ring (bicyclic) bond motifs is 2. The third-order valence-corrected chi connectivity index (χ3v) is 9.69. The number of aryl methyl sites for hydroxylation is 1. The van der Waals surface area contributed by atoms with Gasteiger partial charge in [-0.15, -0.1) is 11.3 Å². The van der Waals surface area contributed by atoms with Crippen molar-refractivity contribution >= 4 is 39.3 Å². The summed E-state index contributed by atoms with van der Waals surface area (Å²) >= 11 is 1.23. The Morgan fingerprint density at radius 1 is 1.20 bits per heavy atom. The Hall–Kier alpha value is -3.38. The van der Waals surface area contributed by atoms with Crippen LogP contribution in [0.1, 0.15) is 46.8 Å². The minimum absolute atomic E-state index is 0.0642. The average Bonchev–Trinajstić information content (AvgIpc) is 3.32. The van der Waals surface area contributed by atoms with E-state index in [4.69, 9.17) is 5.73 Å². The minimum atomic E-state index is -4.71. The van der Waals surface area contributed by atoms with Crippen LogP contribution in [0.4, 0.5) is 13.2 Å². The van der Waals surface area contributed by atoms with Crippen molar-refractivity contribution in [3.8, 4) is 11.3 Å². The van der Waals surface area contributed by atoms with Gasteiger partial charge in [0.15, 0.2) is 0 Å². The molecule has 40 heavy (non-hydrogen) atoms. The summed E-state index contributed by atoms with van der Waals surface area (Å²) in [6.07, 6.45) is -2.52. The predicted octanol–water partition coefficient (Wildman–Crippen LogP) is 4.25. The van der Waals surface area contributed by atoms with Gasteiger partial charge in [-0.05, 0) is 55.0 Å². The van der Waals surface area contributed by atoms with Gasteiger partial charge in [0.25, 0.3) is 5.91 Å². The standard InChI is InChI=1S/C28H28F3N5O3S/c1-13-8-18(28(29,30)31)34-22(19(13)24(37)35-7-5-14(10-32)11-35)16-4-6-33-17-9-15(40-23(16)17)12-36-25(38)20-21(26(36)39)27(20,2)3/h4,6,8-9,14,20-21H,5,7,10-12,32H2,1-3H3/t14-,20?,21?/m1/s1. The molecule has 1 aliphatic carbocycles. The number of aromatic nitrogens is 2. The summed E-state index contributed by atoms with van der Waals surface area (Å²) in [6.45, 7) is 6.69. The van der Waals surface area contributed by atoms with E-state index in [1.165, 1.54) is 29.4 Å². The Balaban J connectivity index is 1.42. The van der Waals surface area contributed by atoms with Crippen LogP contribution in [-0.2, 0) is 22.3 Å². The van der Waals surface area contributed by atoms with Crippen LogP contribution in [0.15, 0.2) is 24.4 Å². The van der Waals surface area contributed by atoms with Gasteiger partial charge in [0.1, 0.15) is 5.69 Å². The van der Waals surface area contributed by atoms with Crippen LogP contribution in [0.2, 0.25) is 0 Å². The molecule has 210 valence electrons. The van der Waals surface area contributed by atoms with E-state index in [1.54, 1.807) is 17.0 Å². The van der Waals surface area contributed by atoms with Crippen LogP contribution in [-0.4, -0.2) is 57.1 Å². The van der Waals surface area contributed by atoms with Crippen LogP contribution < -0.4 is 5.73 Å². The molecule has 5 heterocycles. The fourth-order valence-corrected chi connectivity index (χ4v) is 7.34. The molecule has 3 aromatic rings. The second-order valence-corrected chi connectivity index (χ2v) is 12.6. The molecule has 1 saturated carbocycles. The summed E-state index contributed by atoms with van der Waals surface area (Å²) in [5, 5.41) is 0. The zero-order chi connectivity index (χ0) is 28.7.